The van der Waals surface area contributed by atoms with Gasteiger partial charge in [0.1, 0.15) is 0 Å². The van der Waals surface area contributed by atoms with Crippen LogP contribution in [-0.2, 0) is 4.74 Å². The number of rotatable bonds is 4. The molecule has 2 atom stereocenters. The van der Waals surface area contributed by atoms with Crippen LogP contribution in [0.5, 0.6) is 0 Å². The number of ether oxygens (including phenoxy) is 1. The van der Waals surface area contributed by atoms with Crippen molar-refractivity contribution in [3.8, 4) is 0 Å². The summed E-state index contributed by atoms with van der Waals surface area (Å²) < 4.78 is 5.39. The molecule has 2 fully saturated rings. The molecule has 16 heavy (non-hydrogen) atoms. The molecule has 0 bridgehead atoms. The maximum atomic E-state index is 6.11. The Bertz CT molecular complexity index is 204. The van der Waals surface area contributed by atoms with Gasteiger partial charge in [-0.3, -0.25) is 0 Å². The highest BCUT2D eigenvalue weighted by molar-refractivity contribution is 4.82. The first-order valence-electron chi connectivity index (χ1n) is 6.77. The average Bonchev–Trinajstić information content (AvgIpc) is 2.66. The molecule has 1 heterocycles. The van der Waals surface area contributed by atoms with Gasteiger partial charge in [0.2, 0.25) is 0 Å². The molecule has 0 spiro atoms. The molecule has 2 rings (SSSR count). The lowest BCUT2D eigenvalue weighted by molar-refractivity contribution is 0.0538. The van der Waals surface area contributed by atoms with E-state index >= 15 is 0 Å². The van der Waals surface area contributed by atoms with Crippen molar-refractivity contribution in [1.82, 2.24) is 4.90 Å². The average molecular weight is 226 g/mol. The summed E-state index contributed by atoms with van der Waals surface area (Å²) in [7, 11) is 2.25. The second-order valence-corrected chi connectivity index (χ2v) is 5.63. The van der Waals surface area contributed by atoms with E-state index in [9.17, 15) is 0 Å². The lowest BCUT2D eigenvalue weighted by atomic mass is 9.98. The Labute approximate surface area is 99.3 Å². The van der Waals surface area contributed by atoms with E-state index in [2.05, 4.69) is 11.9 Å². The van der Waals surface area contributed by atoms with E-state index in [0.717, 1.165) is 25.0 Å². The summed E-state index contributed by atoms with van der Waals surface area (Å²) in [6, 6.07) is 0.456. The number of hydrogen-bond acceptors (Lipinski definition) is 3. The molecular weight excluding hydrogens is 200 g/mol. The Morgan fingerprint density at radius 3 is 2.50 bits per heavy atom. The summed E-state index contributed by atoms with van der Waals surface area (Å²) in [5.41, 5.74) is 6.11. The van der Waals surface area contributed by atoms with Crippen LogP contribution < -0.4 is 5.73 Å². The minimum Gasteiger partial charge on any atom is -0.381 e. The van der Waals surface area contributed by atoms with Gasteiger partial charge in [-0.05, 0) is 44.6 Å². The van der Waals surface area contributed by atoms with Crippen LogP contribution in [0.25, 0.3) is 0 Å². The number of hydrogen-bond donors (Lipinski definition) is 1. The Balaban J connectivity index is 1.68. The third-order valence-electron chi connectivity index (χ3n) is 4.17. The number of nitrogens with zero attached hydrogens (tertiary/aromatic N) is 1. The maximum Gasteiger partial charge on any atom is 0.0469 e. The van der Waals surface area contributed by atoms with Crippen molar-refractivity contribution in [2.75, 3.05) is 33.4 Å². The zero-order valence-corrected chi connectivity index (χ0v) is 10.5. The highest BCUT2D eigenvalue weighted by atomic mass is 16.5. The molecule has 3 nitrogen and oxygen atoms in total. The van der Waals surface area contributed by atoms with E-state index in [0.29, 0.717) is 6.04 Å². The summed E-state index contributed by atoms with van der Waals surface area (Å²) in [6.07, 6.45) is 6.37. The van der Waals surface area contributed by atoms with Crippen molar-refractivity contribution >= 4 is 0 Å². The van der Waals surface area contributed by atoms with Gasteiger partial charge in [0.25, 0.3) is 0 Å². The Morgan fingerprint density at radius 1 is 1.12 bits per heavy atom. The van der Waals surface area contributed by atoms with Crippen LogP contribution in [0.4, 0.5) is 0 Å². The third-order valence-corrected chi connectivity index (χ3v) is 4.17. The molecule has 1 aliphatic heterocycles. The van der Waals surface area contributed by atoms with E-state index in [4.69, 9.17) is 10.5 Å². The van der Waals surface area contributed by atoms with Crippen LogP contribution >= 0.6 is 0 Å². The summed E-state index contributed by atoms with van der Waals surface area (Å²) in [5, 5.41) is 0. The van der Waals surface area contributed by atoms with Crippen molar-refractivity contribution < 1.29 is 4.74 Å². The minimum atomic E-state index is 0.456. The van der Waals surface area contributed by atoms with Crippen molar-refractivity contribution in [2.45, 2.75) is 38.1 Å². The Kier molecular flexibility index (Phi) is 4.62. The molecular formula is C13H26N2O. The first-order chi connectivity index (χ1) is 7.75. The predicted molar refractivity (Wildman–Crippen MR) is 66.4 cm³/mol. The van der Waals surface area contributed by atoms with Crippen LogP contribution in [0, 0.1) is 11.8 Å². The van der Waals surface area contributed by atoms with Gasteiger partial charge < -0.3 is 15.4 Å². The molecule has 0 aromatic rings. The quantitative estimate of drug-likeness (QED) is 0.789. The van der Waals surface area contributed by atoms with Gasteiger partial charge in [-0.2, -0.15) is 0 Å². The zero-order valence-electron chi connectivity index (χ0n) is 10.5. The second-order valence-electron chi connectivity index (χ2n) is 5.63. The molecule has 0 radical (unpaired) electrons. The van der Waals surface area contributed by atoms with Crippen LogP contribution in [0.2, 0.25) is 0 Å². The molecule has 1 aliphatic carbocycles. The molecule has 1 saturated heterocycles. The van der Waals surface area contributed by atoms with Crippen molar-refractivity contribution in [3.63, 3.8) is 0 Å². The predicted octanol–water partition coefficient (Wildman–Crippen LogP) is 1.47. The van der Waals surface area contributed by atoms with Crippen molar-refractivity contribution in [2.24, 2.45) is 17.6 Å². The summed E-state index contributed by atoms with van der Waals surface area (Å²) >= 11 is 0. The molecule has 1 saturated carbocycles. The van der Waals surface area contributed by atoms with Gasteiger partial charge in [-0.1, -0.05) is 6.42 Å². The van der Waals surface area contributed by atoms with Gasteiger partial charge in [0, 0.05) is 32.3 Å². The monoisotopic (exact) mass is 226 g/mol. The molecule has 2 unspecified atom stereocenters. The molecule has 0 amide bonds. The van der Waals surface area contributed by atoms with Crippen molar-refractivity contribution in [1.29, 1.82) is 0 Å². The largest absolute Gasteiger partial charge is 0.381 e. The van der Waals surface area contributed by atoms with Crippen LogP contribution in [-0.4, -0.2) is 44.3 Å². The fourth-order valence-electron chi connectivity index (χ4n) is 3.14. The lowest BCUT2D eigenvalue weighted by Crippen LogP contribution is -2.37. The molecule has 94 valence electrons. The normalized spacial score (nSPS) is 32.4. The van der Waals surface area contributed by atoms with Gasteiger partial charge in [0.15, 0.2) is 0 Å². The van der Waals surface area contributed by atoms with Gasteiger partial charge in [-0.25, -0.2) is 0 Å². The van der Waals surface area contributed by atoms with E-state index < -0.39 is 0 Å². The molecule has 3 heteroatoms. The fourth-order valence-corrected chi connectivity index (χ4v) is 3.14. The van der Waals surface area contributed by atoms with Gasteiger partial charge >= 0.3 is 0 Å². The standard InChI is InChI=1S/C13H26N2O/c1-15(9-11-5-7-16-8-6-11)10-12-3-2-4-13(12)14/h11-13H,2-10,14H2,1H3. The lowest BCUT2D eigenvalue weighted by Gasteiger charge is -2.29. The maximum absolute atomic E-state index is 6.11. The highest BCUT2D eigenvalue weighted by Crippen LogP contribution is 2.25. The number of nitrogens with two attached hydrogens (primary N) is 1. The zero-order chi connectivity index (χ0) is 11.4. The smallest absolute Gasteiger partial charge is 0.0469 e. The second kappa shape index (κ2) is 5.99. The van der Waals surface area contributed by atoms with Crippen LogP contribution in [0.3, 0.4) is 0 Å². The molecule has 2 N–H and O–H groups in total. The molecule has 0 aromatic heterocycles. The summed E-state index contributed by atoms with van der Waals surface area (Å²) in [4.78, 5) is 2.49. The Hall–Kier alpha value is -0.120. The minimum absolute atomic E-state index is 0.456. The van der Waals surface area contributed by atoms with Crippen LogP contribution in [0.15, 0.2) is 0 Å². The van der Waals surface area contributed by atoms with Gasteiger partial charge in [-0.15, -0.1) is 0 Å². The first kappa shape index (κ1) is 12.3. The van der Waals surface area contributed by atoms with Crippen molar-refractivity contribution in [3.05, 3.63) is 0 Å². The third kappa shape index (κ3) is 3.44. The Morgan fingerprint density at radius 2 is 1.88 bits per heavy atom. The summed E-state index contributed by atoms with van der Waals surface area (Å²) in [5.74, 6) is 1.58. The van der Waals surface area contributed by atoms with E-state index in [1.54, 1.807) is 0 Å². The first-order valence-corrected chi connectivity index (χ1v) is 6.77. The van der Waals surface area contributed by atoms with Crippen LogP contribution in [0.1, 0.15) is 32.1 Å². The van der Waals surface area contributed by atoms with E-state index in [-0.39, 0.29) is 0 Å². The SMILES string of the molecule is CN(CC1CCOCC1)CC1CCCC1N. The topological polar surface area (TPSA) is 38.5 Å². The fraction of sp³-hybridized carbons (Fsp3) is 1.00. The van der Waals surface area contributed by atoms with E-state index in [1.807, 2.05) is 0 Å². The highest BCUT2D eigenvalue weighted by Gasteiger charge is 2.25. The van der Waals surface area contributed by atoms with E-state index in [1.165, 1.54) is 45.2 Å². The molecule has 2 aliphatic rings. The van der Waals surface area contributed by atoms with Gasteiger partial charge in [0.05, 0.1) is 0 Å². The molecule has 0 aromatic carbocycles. The summed E-state index contributed by atoms with van der Waals surface area (Å²) in [6.45, 7) is 4.34.